The number of carbonyl (C=O) groups is 1. The average Bonchev–Trinajstić information content (AvgIpc) is 3.32. The topological polar surface area (TPSA) is 63.3 Å². The Morgan fingerprint density at radius 2 is 1.60 bits per heavy atom. The van der Waals surface area contributed by atoms with E-state index in [0.29, 0.717) is 0 Å². The first-order valence-corrected chi connectivity index (χ1v) is 15.6. The molecule has 2 aromatic heterocycles. The molecule has 0 unspecified atom stereocenters. The number of nitrogens with zero attached hydrogens (tertiary/aromatic N) is 1. The van der Waals surface area contributed by atoms with Crippen LogP contribution < -0.4 is 0 Å². The summed E-state index contributed by atoms with van der Waals surface area (Å²) in [6, 6.07) is 14.3. The van der Waals surface area contributed by atoms with Gasteiger partial charge in [-0.15, -0.1) is 17.7 Å². The molecule has 0 aliphatic heterocycles. The van der Waals surface area contributed by atoms with Crippen LogP contribution in [-0.4, -0.2) is 15.9 Å². The second kappa shape index (κ2) is 13.5. The molecule has 5 rings (SSSR count). The van der Waals surface area contributed by atoms with Gasteiger partial charge in [-0.25, -0.2) is 0 Å². The Labute approximate surface area is 271 Å². The summed E-state index contributed by atoms with van der Waals surface area (Å²) in [6.45, 7) is 21.5. The van der Waals surface area contributed by atoms with Crippen LogP contribution >= 0.6 is 0 Å². The van der Waals surface area contributed by atoms with E-state index in [0.717, 1.165) is 59.1 Å². The van der Waals surface area contributed by atoms with Crippen LogP contribution in [0.5, 0.6) is 0 Å². The minimum absolute atomic E-state index is 0. The number of aliphatic hydroxyl groups excluding tert-OH is 1. The van der Waals surface area contributed by atoms with E-state index in [-0.39, 0.29) is 54.3 Å². The molecule has 43 heavy (non-hydrogen) atoms. The maximum absolute atomic E-state index is 11.7. The van der Waals surface area contributed by atoms with Crippen LogP contribution in [0, 0.1) is 24.8 Å². The smallest absolute Gasteiger partial charge is 0.162 e. The third kappa shape index (κ3) is 6.40. The summed E-state index contributed by atoms with van der Waals surface area (Å²) in [6.07, 6.45) is 6.78. The molecule has 0 fully saturated rings. The van der Waals surface area contributed by atoms with Crippen LogP contribution in [0.4, 0.5) is 0 Å². The monoisotopic (exact) mass is 759 g/mol. The predicted molar refractivity (Wildman–Crippen MR) is 175 cm³/mol. The molecule has 0 spiro atoms. The molecule has 0 atom stereocenters. The summed E-state index contributed by atoms with van der Waals surface area (Å²) in [4.78, 5) is 16.5. The van der Waals surface area contributed by atoms with Gasteiger partial charge in [0.15, 0.2) is 5.78 Å². The van der Waals surface area contributed by atoms with Crippen molar-refractivity contribution >= 4 is 27.7 Å². The minimum Gasteiger partial charge on any atom is -0.512 e. The predicted octanol–water partition coefficient (Wildman–Crippen LogP) is 10.6. The van der Waals surface area contributed by atoms with Gasteiger partial charge in [-0.05, 0) is 59.4 Å². The van der Waals surface area contributed by atoms with Gasteiger partial charge in [-0.3, -0.25) is 4.79 Å². The van der Waals surface area contributed by atoms with E-state index in [9.17, 15) is 9.90 Å². The Morgan fingerprint density at radius 1 is 0.977 bits per heavy atom. The molecular formula is C38H48IrNO3-. The van der Waals surface area contributed by atoms with Crippen molar-refractivity contribution in [3.8, 4) is 11.3 Å². The van der Waals surface area contributed by atoms with E-state index in [1.807, 2.05) is 46.0 Å². The van der Waals surface area contributed by atoms with Gasteiger partial charge in [0.05, 0.1) is 11.3 Å². The molecule has 1 radical (unpaired) electrons. The zero-order chi connectivity index (χ0) is 31.0. The molecule has 0 bridgehead atoms. The first kappa shape index (κ1) is 34.7. The summed E-state index contributed by atoms with van der Waals surface area (Å²) in [5, 5.41) is 12.2. The van der Waals surface area contributed by atoms with Gasteiger partial charge in [0.2, 0.25) is 0 Å². The molecule has 1 N–H and O–H groups in total. The molecule has 2 heterocycles. The summed E-state index contributed by atoms with van der Waals surface area (Å²) >= 11 is 0. The van der Waals surface area contributed by atoms with Crippen molar-refractivity contribution in [1.82, 2.24) is 4.98 Å². The maximum Gasteiger partial charge on any atom is 0.162 e. The first-order valence-electron chi connectivity index (χ1n) is 15.6. The molecular weight excluding hydrogens is 711 g/mol. The molecule has 4 nitrogen and oxygen atoms in total. The Bertz CT molecular complexity index is 1630. The standard InChI is InChI=1S/C25H24NO.C13H24O2.Ir/c1-14-9-10-15-19-20-16(25(5,6)17-8-7-13-26-21(15)17)11-12-18(24(2,3)4)23(20)27-22(14)19;1-5-10(6-2)12(14)9-13(15)11(7-3)8-4;/h7-9,11-13H,1-6H3;9-11,14H,5-8H2,1-4H3;/q-1;;/b;12-9-;. The second-order valence-electron chi connectivity index (χ2n) is 13.3. The number of hydrogen-bond donors (Lipinski definition) is 1. The van der Waals surface area contributed by atoms with Crippen molar-refractivity contribution in [1.29, 1.82) is 0 Å². The van der Waals surface area contributed by atoms with Crippen LogP contribution in [0.2, 0.25) is 0 Å². The quantitative estimate of drug-likeness (QED) is 0.116. The SMILES string of the molecule is CCC(CC)C(=O)/C=C(\O)C(CC)CC.Cc1c[c-]c2c3c1oc1c(C(C)(C)C)ccc(c13)C(C)(C)c1cccnc1-2.[Ir]. The van der Waals surface area contributed by atoms with Crippen molar-refractivity contribution < 1.29 is 34.4 Å². The summed E-state index contributed by atoms with van der Waals surface area (Å²) in [7, 11) is 0. The summed E-state index contributed by atoms with van der Waals surface area (Å²) < 4.78 is 6.56. The minimum atomic E-state index is -0.171. The van der Waals surface area contributed by atoms with Crippen LogP contribution in [0.1, 0.15) is 110 Å². The Kier molecular flexibility index (Phi) is 10.9. The molecule has 2 aromatic carbocycles. The van der Waals surface area contributed by atoms with Crippen LogP contribution in [-0.2, 0) is 35.7 Å². The van der Waals surface area contributed by atoms with Gasteiger partial charge in [0.25, 0.3) is 0 Å². The Morgan fingerprint density at radius 3 is 2.19 bits per heavy atom. The van der Waals surface area contributed by atoms with Gasteiger partial charge in [0.1, 0.15) is 5.58 Å². The number of aromatic nitrogens is 1. The summed E-state index contributed by atoms with van der Waals surface area (Å²) in [5.74, 6) is 0.547. The largest absolute Gasteiger partial charge is 0.512 e. The number of aryl methyl sites for hydroxylation is 1. The zero-order valence-corrected chi connectivity index (χ0v) is 30.0. The van der Waals surface area contributed by atoms with Crippen molar-refractivity contribution in [3.05, 3.63) is 76.7 Å². The van der Waals surface area contributed by atoms with E-state index in [2.05, 4.69) is 65.8 Å². The average molecular weight is 759 g/mol. The number of ketones is 1. The normalized spacial score (nSPS) is 14.0. The molecule has 0 saturated heterocycles. The van der Waals surface area contributed by atoms with E-state index in [4.69, 9.17) is 9.40 Å². The van der Waals surface area contributed by atoms with Crippen molar-refractivity contribution in [2.75, 3.05) is 0 Å². The van der Waals surface area contributed by atoms with Gasteiger partial charge in [0, 0.05) is 49.6 Å². The molecule has 5 heteroatoms. The third-order valence-electron chi connectivity index (χ3n) is 9.16. The van der Waals surface area contributed by atoms with Crippen molar-refractivity contribution in [2.45, 2.75) is 106 Å². The molecule has 0 amide bonds. The Hall–Kier alpha value is -2.75. The number of rotatable bonds is 7. The summed E-state index contributed by atoms with van der Waals surface area (Å²) in [5.41, 5.74) is 8.80. The van der Waals surface area contributed by atoms with E-state index >= 15 is 0 Å². The molecule has 0 saturated carbocycles. The number of benzene rings is 2. The molecule has 233 valence electrons. The van der Waals surface area contributed by atoms with Crippen molar-refractivity contribution in [2.24, 2.45) is 11.8 Å². The van der Waals surface area contributed by atoms with Crippen LogP contribution in [0.3, 0.4) is 0 Å². The fourth-order valence-corrected chi connectivity index (χ4v) is 6.37. The van der Waals surface area contributed by atoms with Crippen LogP contribution in [0.25, 0.3) is 33.2 Å². The number of fused-ring (bicyclic) bond motifs is 2. The van der Waals surface area contributed by atoms with Crippen molar-refractivity contribution in [3.63, 3.8) is 0 Å². The third-order valence-corrected chi connectivity index (χ3v) is 9.16. The van der Waals surface area contributed by atoms with Gasteiger partial charge in [-0.1, -0.05) is 104 Å². The number of aliphatic hydroxyl groups is 1. The van der Waals surface area contributed by atoms with E-state index in [1.165, 1.54) is 28.2 Å². The number of pyridine rings is 1. The number of furan rings is 1. The van der Waals surface area contributed by atoms with E-state index < -0.39 is 0 Å². The maximum atomic E-state index is 11.7. The Balaban J connectivity index is 0.000000274. The number of hydrogen-bond acceptors (Lipinski definition) is 4. The number of carbonyl (C=O) groups excluding carboxylic acids is 1. The number of allylic oxidation sites excluding steroid dienone is 2. The van der Waals surface area contributed by atoms with Crippen LogP contribution in [0.15, 0.2) is 52.8 Å². The van der Waals surface area contributed by atoms with Gasteiger partial charge < -0.3 is 14.5 Å². The fraction of sp³-hybridized carbons (Fsp3) is 0.474. The first-order chi connectivity index (χ1) is 19.8. The zero-order valence-electron chi connectivity index (χ0n) is 27.6. The second-order valence-corrected chi connectivity index (χ2v) is 13.3. The fourth-order valence-electron chi connectivity index (χ4n) is 6.37. The van der Waals surface area contributed by atoms with Gasteiger partial charge >= 0.3 is 0 Å². The molecule has 4 aromatic rings. The molecule has 1 aliphatic rings. The van der Waals surface area contributed by atoms with E-state index in [1.54, 1.807) is 0 Å². The molecule has 1 aliphatic carbocycles. The van der Waals surface area contributed by atoms with Gasteiger partial charge in [-0.2, -0.15) is 0 Å².